The molecule has 2 heterocycles. The van der Waals surface area contributed by atoms with E-state index in [0.29, 0.717) is 0 Å². The molecule has 7 heteroatoms. The zero-order valence-electron chi connectivity index (χ0n) is 12.6. The molecule has 3 aromatic rings. The smallest absolute Gasteiger partial charge is 0.190 e. The van der Waals surface area contributed by atoms with Gasteiger partial charge in [0, 0.05) is 15.7 Å². The fourth-order valence-corrected chi connectivity index (χ4v) is 4.12. The van der Waals surface area contributed by atoms with Crippen LogP contribution in [-0.4, -0.2) is 26.3 Å². The first-order valence-corrected chi connectivity index (χ1v) is 9.73. The minimum Gasteiger partial charge on any atom is -0.190 e. The first-order chi connectivity index (χ1) is 11.8. The first kappa shape index (κ1) is 15.7. The van der Waals surface area contributed by atoms with Crippen molar-refractivity contribution in [2.24, 2.45) is 5.10 Å². The van der Waals surface area contributed by atoms with E-state index in [9.17, 15) is 0 Å². The first-order valence-electron chi connectivity index (χ1n) is 7.38. The van der Waals surface area contributed by atoms with Gasteiger partial charge in [-0.25, -0.2) is 0 Å². The fourth-order valence-electron chi connectivity index (χ4n) is 2.31. The molecule has 2 aromatic carbocycles. The number of rotatable bonds is 4. The number of aromatic nitrogens is 3. The van der Waals surface area contributed by atoms with E-state index in [-0.39, 0.29) is 0 Å². The summed E-state index contributed by atoms with van der Waals surface area (Å²) >= 11 is 9.35. The van der Waals surface area contributed by atoms with Gasteiger partial charge < -0.3 is 0 Å². The third kappa shape index (κ3) is 3.36. The fraction of sp³-hybridized carbons (Fsp3) is 0.118. The van der Waals surface area contributed by atoms with Crippen LogP contribution in [0.15, 0.2) is 69.8 Å². The summed E-state index contributed by atoms with van der Waals surface area (Å²) in [6, 6.07) is 18.0. The van der Waals surface area contributed by atoms with Gasteiger partial charge in [0.15, 0.2) is 5.82 Å². The van der Waals surface area contributed by atoms with Gasteiger partial charge in [0.2, 0.25) is 5.16 Å². The van der Waals surface area contributed by atoms with Crippen molar-refractivity contribution in [3.63, 3.8) is 0 Å². The summed E-state index contributed by atoms with van der Waals surface area (Å²) in [7, 11) is 0. The van der Waals surface area contributed by atoms with Crippen molar-refractivity contribution in [2.45, 2.75) is 15.8 Å². The highest BCUT2D eigenvalue weighted by atomic mass is 35.5. The summed E-state index contributed by atoms with van der Waals surface area (Å²) in [5, 5.41) is 14.9. The lowest BCUT2D eigenvalue weighted by Gasteiger charge is -2.13. The lowest BCUT2D eigenvalue weighted by Crippen LogP contribution is -2.14. The summed E-state index contributed by atoms with van der Waals surface area (Å²) in [6.45, 7) is 0. The van der Waals surface area contributed by atoms with Gasteiger partial charge in [-0.1, -0.05) is 53.7 Å². The van der Waals surface area contributed by atoms with Crippen molar-refractivity contribution in [1.82, 2.24) is 14.9 Å². The van der Waals surface area contributed by atoms with Gasteiger partial charge in [0.05, 0.1) is 11.5 Å². The van der Waals surface area contributed by atoms with Crippen molar-refractivity contribution in [2.75, 3.05) is 5.75 Å². The molecule has 0 saturated heterocycles. The molecule has 1 aliphatic heterocycles. The molecule has 0 unspecified atom stereocenters. The number of hydrogen-bond acceptors (Lipinski definition) is 5. The number of hydrogen-bond donors (Lipinski definition) is 0. The Balaban J connectivity index is 1.58. The molecule has 0 fully saturated rings. The van der Waals surface area contributed by atoms with Crippen LogP contribution in [0.4, 0.5) is 0 Å². The van der Waals surface area contributed by atoms with Gasteiger partial charge in [0.25, 0.3) is 0 Å². The van der Waals surface area contributed by atoms with Gasteiger partial charge in [-0.05, 0) is 29.8 Å². The van der Waals surface area contributed by atoms with Gasteiger partial charge in [-0.2, -0.15) is 9.78 Å². The zero-order chi connectivity index (χ0) is 16.4. The molecule has 0 saturated carbocycles. The summed E-state index contributed by atoms with van der Waals surface area (Å²) < 4.78 is 1.86. The number of halogens is 1. The predicted molar refractivity (Wildman–Crippen MR) is 100 cm³/mol. The van der Waals surface area contributed by atoms with Crippen LogP contribution >= 0.6 is 35.1 Å². The monoisotopic (exact) mass is 372 g/mol. The predicted octanol–water partition coefficient (Wildman–Crippen LogP) is 4.58. The molecular formula is C17H13ClN4S2. The number of nitrogens with zero attached hydrogens (tertiary/aromatic N) is 4. The molecular weight excluding hydrogens is 360 g/mol. The topological polar surface area (TPSA) is 43.1 Å². The van der Waals surface area contributed by atoms with Crippen molar-refractivity contribution < 1.29 is 0 Å². The van der Waals surface area contributed by atoms with Crippen LogP contribution in [0.5, 0.6) is 0 Å². The van der Waals surface area contributed by atoms with E-state index >= 15 is 0 Å². The maximum absolute atomic E-state index is 5.97. The van der Waals surface area contributed by atoms with Crippen LogP contribution in [0, 0.1) is 0 Å². The molecule has 4 nitrogen and oxygen atoms in total. The normalized spacial score (nSPS) is 13.5. The van der Waals surface area contributed by atoms with E-state index in [4.69, 9.17) is 16.7 Å². The molecule has 0 radical (unpaired) electrons. The second-order valence-electron chi connectivity index (χ2n) is 5.15. The van der Waals surface area contributed by atoms with Crippen molar-refractivity contribution in [3.05, 3.63) is 71.0 Å². The summed E-state index contributed by atoms with van der Waals surface area (Å²) in [5.74, 6) is 2.37. The minimum absolute atomic E-state index is 0.729. The van der Waals surface area contributed by atoms with Crippen LogP contribution in [0.3, 0.4) is 0 Å². The highest BCUT2D eigenvalue weighted by Gasteiger charge is 2.19. The molecule has 1 aliphatic rings. The molecule has 0 atom stereocenters. The molecule has 0 amide bonds. The highest BCUT2D eigenvalue weighted by Crippen LogP contribution is 2.27. The molecule has 1 aromatic heterocycles. The lowest BCUT2D eigenvalue weighted by atomic mass is 10.1. The van der Waals surface area contributed by atoms with Gasteiger partial charge >= 0.3 is 0 Å². The maximum atomic E-state index is 5.97. The SMILES string of the molecule is Clc1ccc(C2=Nn3c(CSc4ccccc4)nnc3SC2)cc1. The number of benzene rings is 2. The van der Waals surface area contributed by atoms with E-state index in [1.807, 2.05) is 47.1 Å². The average molecular weight is 373 g/mol. The molecule has 0 spiro atoms. The van der Waals surface area contributed by atoms with Crippen molar-refractivity contribution >= 4 is 40.8 Å². The number of fused-ring (bicyclic) bond motifs is 1. The summed E-state index contributed by atoms with van der Waals surface area (Å²) in [4.78, 5) is 1.21. The molecule has 0 N–H and O–H groups in total. The van der Waals surface area contributed by atoms with E-state index in [1.165, 1.54) is 4.90 Å². The van der Waals surface area contributed by atoms with Crippen LogP contribution < -0.4 is 0 Å². The third-order valence-electron chi connectivity index (χ3n) is 3.52. The van der Waals surface area contributed by atoms with Crippen molar-refractivity contribution in [3.8, 4) is 0 Å². The Morgan fingerprint density at radius 1 is 1.04 bits per heavy atom. The Bertz CT molecular complexity index is 875. The highest BCUT2D eigenvalue weighted by molar-refractivity contribution is 8.00. The maximum Gasteiger partial charge on any atom is 0.212 e. The minimum atomic E-state index is 0.729. The van der Waals surface area contributed by atoms with Crippen LogP contribution in [-0.2, 0) is 5.75 Å². The van der Waals surface area contributed by atoms with Crippen molar-refractivity contribution in [1.29, 1.82) is 0 Å². The zero-order valence-corrected chi connectivity index (χ0v) is 15.0. The Morgan fingerprint density at radius 3 is 2.62 bits per heavy atom. The Labute approximate surface area is 153 Å². The average Bonchev–Trinajstić information content (AvgIpc) is 3.04. The van der Waals surface area contributed by atoms with Crippen LogP contribution in [0.2, 0.25) is 5.02 Å². The van der Waals surface area contributed by atoms with E-state index < -0.39 is 0 Å². The van der Waals surface area contributed by atoms with Gasteiger partial charge in [-0.3, -0.25) is 0 Å². The van der Waals surface area contributed by atoms with Crippen LogP contribution in [0.1, 0.15) is 11.4 Å². The Morgan fingerprint density at radius 2 is 1.83 bits per heavy atom. The van der Waals surface area contributed by atoms with Gasteiger partial charge in [0.1, 0.15) is 0 Å². The Kier molecular flexibility index (Phi) is 4.60. The van der Waals surface area contributed by atoms with E-state index in [2.05, 4.69) is 22.3 Å². The summed E-state index contributed by atoms with van der Waals surface area (Å²) in [6.07, 6.45) is 0. The Hall–Kier alpha value is -1.76. The lowest BCUT2D eigenvalue weighted by molar-refractivity contribution is 0.731. The summed E-state index contributed by atoms with van der Waals surface area (Å²) in [5.41, 5.74) is 2.09. The molecule has 4 rings (SSSR count). The molecule has 120 valence electrons. The molecule has 0 bridgehead atoms. The molecule has 0 aliphatic carbocycles. The quantitative estimate of drug-likeness (QED) is 0.628. The standard InChI is InChI=1S/C17H13ClN4S2/c18-13-8-6-12(7-9-13)15-10-24-17-20-19-16(22(17)21-15)11-23-14-4-2-1-3-5-14/h1-9H,10-11H2. The number of thioether (sulfide) groups is 2. The van der Waals surface area contributed by atoms with E-state index in [0.717, 1.165) is 38.8 Å². The van der Waals surface area contributed by atoms with E-state index in [1.54, 1.807) is 23.5 Å². The van der Waals surface area contributed by atoms with Gasteiger partial charge in [-0.15, -0.1) is 22.0 Å². The molecule has 24 heavy (non-hydrogen) atoms. The second-order valence-corrected chi connectivity index (χ2v) is 7.58. The second kappa shape index (κ2) is 7.01. The van der Waals surface area contributed by atoms with Crippen LogP contribution in [0.25, 0.3) is 0 Å². The third-order valence-corrected chi connectivity index (χ3v) is 5.71. The largest absolute Gasteiger partial charge is 0.212 e.